The van der Waals surface area contributed by atoms with E-state index in [4.69, 9.17) is 11.6 Å². The molecule has 0 saturated heterocycles. The van der Waals surface area contributed by atoms with Gasteiger partial charge in [0.05, 0.1) is 12.7 Å². The molecule has 0 aliphatic heterocycles. The van der Waals surface area contributed by atoms with Gasteiger partial charge in [-0.25, -0.2) is 4.98 Å². The number of hydrogen-bond acceptors (Lipinski definition) is 3. The van der Waals surface area contributed by atoms with Gasteiger partial charge < -0.3 is 5.32 Å². The predicted octanol–water partition coefficient (Wildman–Crippen LogP) is 4.01. The van der Waals surface area contributed by atoms with Crippen LogP contribution in [0.2, 0.25) is 4.34 Å². The fourth-order valence-electron chi connectivity index (χ4n) is 1.12. The Kier molecular flexibility index (Phi) is 3.82. The van der Waals surface area contributed by atoms with Gasteiger partial charge in [-0.2, -0.15) is 0 Å². The molecule has 2 nitrogen and oxygen atoms in total. The van der Waals surface area contributed by atoms with Gasteiger partial charge in [0, 0.05) is 9.26 Å². The van der Waals surface area contributed by atoms with Gasteiger partial charge in [-0.05, 0) is 46.9 Å². The van der Waals surface area contributed by atoms with E-state index in [0.29, 0.717) is 0 Å². The van der Waals surface area contributed by atoms with E-state index in [1.165, 1.54) is 14.9 Å². The lowest BCUT2D eigenvalue weighted by molar-refractivity contribution is 1.10. The summed E-state index contributed by atoms with van der Waals surface area (Å²) >= 11 is 9.57. The van der Waals surface area contributed by atoms with Crippen molar-refractivity contribution in [3.63, 3.8) is 0 Å². The maximum atomic E-state index is 5.79. The average molecular weight is 351 g/mol. The van der Waals surface area contributed by atoms with Crippen molar-refractivity contribution < 1.29 is 0 Å². The molecule has 0 saturated carbocycles. The smallest absolute Gasteiger partial charge is 0.113 e. The Morgan fingerprint density at radius 1 is 1.33 bits per heavy atom. The van der Waals surface area contributed by atoms with Crippen molar-refractivity contribution in [1.82, 2.24) is 4.98 Å². The van der Waals surface area contributed by atoms with Gasteiger partial charge in [0.25, 0.3) is 0 Å². The third kappa shape index (κ3) is 3.32. The van der Waals surface area contributed by atoms with Gasteiger partial charge in [0.2, 0.25) is 0 Å². The van der Waals surface area contributed by atoms with Gasteiger partial charge >= 0.3 is 0 Å². The zero-order valence-corrected chi connectivity index (χ0v) is 11.4. The Hall–Kier alpha value is -0.330. The van der Waals surface area contributed by atoms with Crippen LogP contribution in [0.1, 0.15) is 5.01 Å². The Labute approximate surface area is 111 Å². The first-order valence-electron chi connectivity index (χ1n) is 4.34. The number of halogens is 2. The molecule has 0 bridgehead atoms. The predicted molar refractivity (Wildman–Crippen MR) is 73.6 cm³/mol. The number of thiazole rings is 1. The van der Waals surface area contributed by atoms with E-state index in [1.54, 1.807) is 6.20 Å². The zero-order chi connectivity index (χ0) is 10.7. The normalized spacial score (nSPS) is 10.3. The van der Waals surface area contributed by atoms with Crippen LogP contribution in [-0.2, 0) is 6.54 Å². The second kappa shape index (κ2) is 5.14. The van der Waals surface area contributed by atoms with E-state index in [1.807, 2.05) is 0 Å². The van der Waals surface area contributed by atoms with Crippen LogP contribution >= 0.6 is 45.5 Å². The SMILES string of the molecule is Clc1cnc(CNc2ccc(I)cc2)s1. The van der Waals surface area contributed by atoms with E-state index in [0.717, 1.165) is 21.6 Å². The first kappa shape index (κ1) is 11.2. The molecule has 0 spiro atoms. The fraction of sp³-hybridized carbons (Fsp3) is 0.100. The van der Waals surface area contributed by atoms with Gasteiger partial charge in [-0.3, -0.25) is 0 Å². The lowest BCUT2D eigenvalue weighted by atomic mass is 10.3. The highest BCUT2D eigenvalue weighted by Crippen LogP contribution is 2.19. The molecule has 1 aromatic heterocycles. The fourth-order valence-corrected chi connectivity index (χ4v) is 2.37. The number of benzene rings is 1. The van der Waals surface area contributed by atoms with Crippen LogP contribution in [-0.4, -0.2) is 4.98 Å². The summed E-state index contributed by atoms with van der Waals surface area (Å²) in [5.41, 5.74) is 1.10. The van der Waals surface area contributed by atoms with Crippen LogP contribution in [0.4, 0.5) is 5.69 Å². The molecule has 15 heavy (non-hydrogen) atoms. The number of nitrogens with one attached hydrogen (secondary N) is 1. The highest BCUT2D eigenvalue weighted by Gasteiger charge is 1.99. The third-order valence-electron chi connectivity index (χ3n) is 1.81. The summed E-state index contributed by atoms with van der Waals surface area (Å²) in [4.78, 5) is 4.17. The average Bonchev–Trinajstić information content (AvgIpc) is 2.64. The standard InChI is InChI=1S/C10H8ClIN2S/c11-9-5-14-10(15-9)6-13-8-3-1-7(12)2-4-8/h1-5,13H,6H2. The van der Waals surface area contributed by atoms with E-state index < -0.39 is 0 Å². The molecule has 0 aliphatic carbocycles. The molecule has 0 radical (unpaired) electrons. The summed E-state index contributed by atoms with van der Waals surface area (Å²) in [7, 11) is 0. The Morgan fingerprint density at radius 2 is 2.07 bits per heavy atom. The summed E-state index contributed by atoms with van der Waals surface area (Å²) in [6, 6.07) is 8.24. The Balaban J connectivity index is 1.96. The minimum absolute atomic E-state index is 0.720. The maximum Gasteiger partial charge on any atom is 0.113 e. The maximum absolute atomic E-state index is 5.79. The quantitative estimate of drug-likeness (QED) is 0.846. The van der Waals surface area contributed by atoms with Crippen LogP contribution in [0.5, 0.6) is 0 Å². The van der Waals surface area contributed by atoms with Crippen molar-refractivity contribution in [2.75, 3.05) is 5.32 Å². The largest absolute Gasteiger partial charge is 0.379 e. The molecule has 78 valence electrons. The molecule has 0 aliphatic rings. The monoisotopic (exact) mass is 350 g/mol. The van der Waals surface area contributed by atoms with Gasteiger partial charge in [-0.15, -0.1) is 11.3 Å². The molecule has 1 heterocycles. The molecular weight excluding hydrogens is 343 g/mol. The van der Waals surface area contributed by atoms with Crippen molar-refractivity contribution in [2.24, 2.45) is 0 Å². The summed E-state index contributed by atoms with van der Waals surface area (Å²) in [5.74, 6) is 0. The second-order valence-electron chi connectivity index (χ2n) is 2.92. The van der Waals surface area contributed by atoms with E-state index >= 15 is 0 Å². The molecular formula is C10H8ClIN2S. The van der Waals surface area contributed by atoms with Gasteiger partial charge in [0.15, 0.2) is 0 Å². The van der Waals surface area contributed by atoms with Crippen LogP contribution < -0.4 is 5.32 Å². The summed E-state index contributed by atoms with van der Waals surface area (Å²) in [5, 5.41) is 4.29. The molecule has 0 atom stereocenters. The van der Waals surface area contributed by atoms with E-state index in [2.05, 4.69) is 57.2 Å². The highest BCUT2D eigenvalue weighted by atomic mass is 127. The summed E-state index contributed by atoms with van der Waals surface area (Å²) in [6.07, 6.45) is 1.68. The number of anilines is 1. The molecule has 1 N–H and O–H groups in total. The number of nitrogens with zero attached hydrogens (tertiary/aromatic N) is 1. The third-order valence-corrected chi connectivity index (χ3v) is 3.65. The van der Waals surface area contributed by atoms with Crippen molar-refractivity contribution >= 4 is 51.2 Å². The Morgan fingerprint density at radius 3 is 2.67 bits per heavy atom. The van der Waals surface area contributed by atoms with Crippen molar-refractivity contribution in [3.05, 3.63) is 43.4 Å². The minimum Gasteiger partial charge on any atom is -0.379 e. The minimum atomic E-state index is 0.720. The number of aromatic nitrogens is 1. The molecule has 0 fully saturated rings. The first-order valence-corrected chi connectivity index (χ1v) is 6.61. The molecule has 0 amide bonds. The molecule has 2 aromatic rings. The number of hydrogen-bond donors (Lipinski definition) is 1. The van der Waals surface area contributed by atoms with E-state index in [9.17, 15) is 0 Å². The Bertz CT molecular complexity index is 441. The lowest BCUT2D eigenvalue weighted by Gasteiger charge is -2.03. The summed E-state index contributed by atoms with van der Waals surface area (Å²) in [6.45, 7) is 0.720. The van der Waals surface area contributed by atoms with Crippen molar-refractivity contribution in [2.45, 2.75) is 6.54 Å². The zero-order valence-electron chi connectivity index (χ0n) is 7.71. The van der Waals surface area contributed by atoms with E-state index in [-0.39, 0.29) is 0 Å². The summed E-state index contributed by atoms with van der Waals surface area (Å²) < 4.78 is 1.96. The van der Waals surface area contributed by atoms with Crippen LogP contribution in [0.15, 0.2) is 30.5 Å². The van der Waals surface area contributed by atoms with Gasteiger partial charge in [0.1, 0.15) is 9.34 Å². The topological polar surface area (TPSA) is 24.9 Å². The number of rotatable bonds is 3. The molecule has 0 unspecified atom stereocenters. The molecule has 5 heteroatoms. The highest BCUT2D eigenvalue weighted by molar-refractivity contribution is 14.1. The van der Waals surface area contributed by atoms with Crippen molar-refractivity contribution in [1.29, 1.82) is 0 Å². The van der Waals surface area contributed by atoms with Crippen LogP contribution in [0.25, 0.3) is 0 Å². The van der Waals surface area contributed by atoms with Crippen molar-refractivity contribution in [3.8, 4) is 0 Å². The van der Waals surface area contributed by atoms with Gasteiger partial charge in [-0.1, -0.05) is 11.6 Å². The molecule has 2 rings (SSSR count). The first-order chi connectivity index (χ1) is 7.24. The van der Waals surface area contributed by atoms with Crippen LogP contribution in [0.3, 0.4) is 0 Å². The second-order valence-corrected chi connectivity index (χ2v) is 5.91. The van der Waals surface area contributed by atoms with Crippen LogP contribution in [0, 0.1) is 3.57 Å². The lowest BCUT2D eigenvalue weighted by Crippen LogP contribution is -1.98. The molecule has 1 aromatic carbocycles.